The Morgan fingerprint density at radius 1 is 0.968 bits per heavy atom. The average Bonchev–Trinajstić information content (AvgIpc) is 3.30. The predicted octanol–water partition coefficient (Wildman–Crippen LogP) is 4.92. The number of aryl methyl sites for hydroxylation is 2. The smallest absolute Gasteiger partial charge is 0.323 e. The summed E-state index contributed by atoms with van der Waals surface area (Å²) in [5.74, 6) is 2.05. The zero-order valence-corrected chi connectivity index (χ0v) is 17.3. The van der Waals surface area contributed by atoms with Crippen molar-refractivity contribution >= 4 is 28.9 Å². The van der Waals surface area contributed by atoms with Gasteiger partial charge in [0.15, 0.2) is 0 Å². The predicted molar refractivity (Wildman–Crippen MR) is 122 cm³/mol. The quantitative estimate of drug-likeness (QED) is 0.417. The van der Waals surface area contributed by atoms with Crippen LogP contribution in [0, 0.1) is 6.92 Å². The third kappa shape index (κ3) is 5.24. The maximum atomic E-state index is 12.3. The number of carbonyl (C=O) groups is 1. The lowest BCUT2D eigenvalue weighted by molar-refractivity contribution is 0.262. The maximum absolute atomic E-state index is 12.3. The Bertz CT molecular complexity index is 1170. The number of amides is 2. The second-order valence-electron chi connectivity index (χ2n) is 6.96. The topological polar surface area (TPSA) is 96.8 Å². The van der Waals surface area contributed by atoms with Crippen LogP contribution in [0.1, 0.15) is 18.3 Å². The Labute approximate surface area is 180 Å². The SMILES string of the molecule is CCc1cccc(NC(=O)Nc2ccc(Nc3cc(-n4ccnc4)nc(C)n3)cc2)c1. The van der Waals surface area contributed by atoms with Crippen LogP contribution < -0.4 is 16.0 Å². The van der Waals surface area contributed by atoms with Crippen LogP contribution in [-0.4, -0.2) is 25.6 Å². The molecule has 0 spiro atoms. The molecule has 2 aromatic heterocycles. The van der Waals surface area contributed by atoms with E-state index in [9.17, 15) is 4.79 Å². The number of urea groups is 1. The fourth-order valence-corrected chi connectivity index (χ4v) is 3.09. The molecule has 8 heteroatoms. The first-order valence-corrected chi connectivity index (χ1v) is 9.97. The van der Waals surface area contributed by atoms with Crippen molar-refractivity contribution in [3.63, 3.8) is 0 Å². The zero-order chi connectivity index (χ0) is 21.6. The lowest BCUT2D eigenvalue weighted by atomic mass is 10.1. The molecule has 2 heterocycles. The summed E-state index contributed by atoms with van der Waals surface area (Å²) in [5.41, 5.74) is 3.47. The summed E-state index contributed by atoms with van der Waals surface area (Å²) in [4.78, 5) is 25.2. The third-order valence-corrected chi connectivity index (χ3v) is 4.60. The van der Waals surface area contributed by atoms with Crippen molar-refractivity contribution in [2.24, 2.45) is 0 Å². The van der Waals surface area contributed by atoms with E-state index in [0.717, 1.165) is 23.6 Å². The molecule has 0 aliphatic rings. The van der Waals surface area contributed by atoms with Crippen molar-refractivity contribution < 1.29 is 4.79 Å². The van der Waals surface area contributed by atoms with Gasteiger partial charge in [0, 0.05) is 35.5 Å². The largest absolute Gasteiger partial charge is 0.340 e. The monoisotopic (exact) mass is 413 g/mol. The van der Waals surface area contributed by atoms with E-state index >= 15 is 0 Å². The number of aromatic nitrogens is 4. The van der Waals surface area contributed by atoms with Gasteiger partial charge in [-0.1, -0.05) is 19.1 Å². The minimum absolute atomic E-state index is 0.287. The Hall–Kier alpha value is -4.20. The molecule has 0 radical (unpaired) electrons. The number of nitrogens with one attached hydrogen (secondary N) is 3. The normalized spacial score (nSPS) is 10.5. The van der Waals surface area contributed by atoms with Gasteiger partial charge in [0.25, 0.3) is 0 Å². The second kappa shape index (κ2) is 9.08. The molecule has 0 saturated carbocycles. The van der Waals surface area contributed by atoms with Crippen LogP contribution >= 0.6 is 0 Å². The minimum Gasteiger partial charge on any atom is -0.340 e. The van der Waals surface area contributed by atoms with E-state index in [1.807, 2.05) is 72.3 Å². The average molecular weight is 413 g/mol. The van der Waals surface area contributed by atoms with Crippen LogP contribution in [0.3, 0.4) is 0 Å². The van der Waals surface area contributed by atoms with Gasteiger partial charge in [0.2, 0.25) is 0 Å². The van der Waals surface area contributed by atoms with E-state index in [-0.39, 0.29) is 6.03 Å². The van der Waals surface area contributed by atoms with Crippen LogP contribution in [0.15, 0.2) is 73.3 Å². The number of rotatable bonds is 6. The van der Waals surface area contributed by atoms with E-state index in [4.69, 9.17) is 0 Å². The van der Waals surface area contributed by atoms with Crippen LogP contribution in [0.4, 0.5) is 27.7 Å². The van der Waals surface area contributed by atoms with Crippen LogP contribution in [-0.2, 0) is 6.42 Å². The van der Waals surface area contributed by atoms with Gasteiger partial charge >= 0.3 is 6.03 Å². The van der Waals surface area contributed by atoms with Crippen molar-refractivity contribution in [3.05, 3.63) is 84.7 Å². The van der Waals surface area contributed by atoms with Crippen LogP contribution in [0.5, 0.6) is 0 Å². The number of imidazole rings is 1. The van der Waals surface area contributed by atoms with Gasteiger partial charge in [-0.3, -0.25) is 4.57 Å². The summed E-state index contributed by atoms with van der Waals surface area (Å²) < 4.78 is 1.82. The molecule has 0 bridgehead atoms. The zero-order valence-electron chi connectivity index (χ0n) is 17.3. The summed E-state index contributed by atoms with van der Waals surface area (Å²) in [6, 6.07) is 16.8. The highest BCUT2D eigenvalue weighted by atomic mass is 16.2. The molecule has 8 nitrogen and oxygen atoms in total. The molecule has 3 N–H and O–H groups in total. The lowest BCUT2D eigenvalue weighted by Crippen LogP contribution is -2.19. The fourth-order valence-electron chi connectivity index (χ4n) is 3.09. The number of carbonyl (C=O) groups excluding carboxylic acids is 1. The molecule has 2 amide bonds. The third-order valence-electron chi connectivity index (χ3n) is 4.60. The highest BCUT2D eigenvalue weighted by Crippen LogP contribution is 2.20. The molecule has 0 saturated heterocycles. The molecule has 0 unspecified atom stereocenters. The fraction of sp³-hybridized carbons (Fsp3) is 0.130. The first kappa shape index (κ1) is 20.1. The summed E-state index contributed by atoms with van der Waals surface area (Å²) in [6.07, 6.45) is 6.14. The first-order valence-electron chi connectivity index (χ1n) is 9.97. The minimum atomic E-state index is -0.287. The maximum Gasteiger partial charge on any atom is 0.323 e. The van der Waals surface area contributed by atoms with Crippen molar-refractivity contribution in [2.45, 2.75) is 20.3 Å². The lowest BCUT2D eigenvalue weighted by Gasteiger charge is -2.11. The first-order chi connectivity index (χ1) is 15.1. The summed E-state index contributed by atoms with van der Waals surface area (Å²) in [6.45, 7) is 3.92. The van der Waals surface area contributed by atoms with Crippen molar-refractivity contribution in [3.8, 4) is 5.82 Å². The highest BCUT2D eigenvalue weighted by Gasteiger charge is 2.06. The van der Waals surface area contributed by atoms with Crippen LogP contribution in [0.2, 0.25) is 0 Å². The van der Waals surface area contributed by atoms with E-state index in [1.54, 1.807) is 12.5 Å². The summed E-state index contributed by atoms with van der Waals surface area (Å²) in [5, 5.41) is 8.96. The van der Waals surface area contributed by atoms with Crippen molar-refractivity contribution in [2.75, 3.05) is 16.0 Å². The summed E-state index contributed by atoms with van der Waals surface area (Å²) >= 11 is 0. The summed E-state index contributed by atoms with van der Waals surface area (Å²) in [7, 11) is 0. The molecule has 0 fully saturated rings. The van der Waals surface area contributed by atoms with Gasteiger partial charge in [0.1, 0.15) is 23.8 Å². The van der Waals surface area contributed by atoms with Gasteiger partial charge in [-0.25, -0.2) is 19.7 Å². The molecule has 156 valence electrons. The number of benzene rings is 2. The molecule has 0 atom stereocenters. The van der Waals surface area contributed by atoms with Gasteiger partial charge in [-0.15, -0.1) is 0 Å². The molecule has 4 rings (SSSR count). The van der Waals surface area contributed by atoms with Crippen molar-refractivity contribution in [1.82, 2.24) is 19.5 Å². The van der Waals surface area contributed by atoms with Gasteiger partial charge in [0.05, 0.1) is 0 Å². The van der Waals surface area contributed by atoms with E-state index in [1.165, 1.54) is 5.56 Å². The van der Waals surface area contributed by atoms with Gasteiger partial charge in [-0.2, -0.15) is 0 Å². The van der Waals surface area contributed by atoms with Crippen molar-refractivity contribution in [1.29, 1.82) is 0 Å². The molecular weight excluding hydrogens is 390 g/mol. The van der Waals surface area contributed by atoms with E-state index in [2.05, 4.69) is 37.8 Å². The Balaban J connectivity index is 1.40. The van der Waals surface area contributed by atoms with E-state index < -0.39 is 0 Å². The van der Waals surface area contributed by atoms with E-state index in [0.29, 0.717) is 17.3 Å². The number of hydrogen-bond donors (Lipinski definition) is 3. The molecule has 2 aromatic carbocycles. The van der Waals surface area contributed by atoms with Gasteiger partial charge < -0.3 is 16.0 Å². The number of hydrogen-bond acceptors (Lipinski definition) is 5. The second-order valence-corrected chi connectivity index (χ2v) is 6.96. The number of anilines is 4. The molecule has 0 aliphatic heterocycles. The molecule has 31 heavy (non-hydrogen) atoms. The Morgan fingerprint density at radius 3 is 2.48 bits per heavy atom. The number of nitrogens with zero attached hydrogens (tertiary/aromatic N) is 4. The molecule has 4 aromatic rings. The Kier molecular flexibility index (Phi) is 5.89. The van der Waals surface area contributed by atoms with Crippen LogP contribution in [0.25, 0.3) is 5.82 Å². The highest BCUT2D eigenvalue weighted by molar-refractivity contribution is 5.99. The Morgan fingerprint density at radius 2 is 1.74 bits per heavy atom. The standard InChI is InChI=1S/C23H23N7O/c1-3-17-5-4-6-20(13-17)29-23(31)28-19-9-7-18(8-10-19)27-21-14-22(26-16(2)25-21)30-12-11-24-15-30/h4-15H,3H2,1-2H3,(H,25,26,27)(H2,28,29,31). The molecular formula is C23H23N7O. The van der Waals surface area contributed by atoms with Gasteiger partial charge in [-0.05, 0) is 55.3 Å². The molecule has 0 aliphatic carbocycles.